The standard InChI is InChI=1S/C28H27F3N6O5/c29-28(30,31)17-6-4-15(5-7-17)23(38)33-18-8-9-21-20(12-18)25(39)37-27(36-37)11-10-19(41-22(27)14-40-21)13-32-26-35-34-24(42-26)16-2-1-3-16/h4-9,12,16,19,22,36H,1-3,10-11,13-14H2,(H,32,35)(H,33,38)/t19-,22-,27-,37?/m0/s1. The van der Waals surface area contributed by atoms with Crippen molar-refractivity contribution in [3.8, 4) is 5.75 Å². The Morgan fingerprint density at radius 3 is 2.67 bits per heavy atom. The van der Waals surface area contributed by atoms with E-state index in [0.29, 0.717) is 48.6 Å². The number of hydrogen-bond acceptors (Lipinski definition) is 9. The lowest BCUT2D eigenvalue weighted by molar-refractivity contribution is -0.137. The van der Waals surface area contributed by atoms with Crippen molar-refractivity contribution >= 4 is 23.5 Å². The van der Waals surface area contributed by atoms with Crippen molar-refractivity contribution < 1.29 is 36.7 Å². The second-order valence-electron chi connectivity index (χ2n) is 11.0. The third kappa shape index (κ3) is 4.83. The van der Waals surface area contributed by atoms with Crippen LogP contribution in [0.25, 0.3) is 0 Å². The number of carbonyl (C=O) groups excluding carboxylic acids is 2. The first-order valence-electron chi connectivity index (χ1n) is 13.8. The number of carbonyl (C=O) groups is 2. The van der Waals surface area contributed by atoms with Gasteiger partial charge in [-0.05, 0) is 68.1 Å². The summed E-state index contributed by atoms with van der Waals surface area (Å²) in [4.78, 5) is 26.1. The van der Waals surface area contributed by atoms with E-state index in [2.05, 4.69) is 26.3 Å². The van der Waals surface area contributed by atoms with E-state index in [1.54, 1.807) is 12.1 Å². The Bertz CT molecular complexity index is 1520. The van der Waals surface area contributed by atoms with Crippen molar-refractivity contribution in [2.24, 2.45) is 0 Å². The molecule has 11 nitrogen and oxygen atoms in total. The van der Waals surface area contributed by atoms with Crippen LogP contribution in [-0.4, -0.2) is 58.0 Å². The number of ether oxygens (including phenoxy) is 2. The summed E-state index contributed by atoms with van der Waals surface area (Å²) in [6.07, 6.45) is -0.466. The van der Waals surface area contributed by atoms with Crippen LogP contribution in [-0.2, 0) is 10.9 Å². The molecule has 2 aromatic carbocycles. The van der Waals surface area contributed by atoms with Gasteiger partial charge in [0.15, 0.2) is 5.66 Å². The number of rotatable bonds is 6. The maximum Gasteiger partial charge on any atom is 0.416 e. The van der Waals surface area contributed by atoms with Gasteiger partial charge < -0.3 is 24.5 Å². The van der Waals surface area contributed by atoms with Gasteiger partial charge in [-0.15, -0.1) is 5.10 Å². The maximum atomic E-state index is 13.5. The van der Waals surface area contributed by atoms with Gasteiger partial charge in [-0.25, -0.2) is 10.4 Å². The Hall–Kier alpha value is -4.17. The zero-order chi connectivity index (χ0) is 29.1. The van der Waals surface area contributed by atoms with Crippen molar-refractivity contribution in [1.29, 1.82) is 0 Å². The van der Waals surface area contributed by atoms with E-state index < -0.39 is 29.4 Å². The van der Waals surface area contributed by atoms with Gasteiger partial charge in [0.25, 0.3) is 11.8 Å². The van der Waals surface area contributed by atoms with E-state index in [-0.39, 0.29) is 29.7 Å². The zero-order valence-corrected chi connectivity index (χ0v) is 22.2. The number of anilines is 2. The molecule has 0 bridgehead atoms. The molecule has 7 rings (SSSR count). The number of fused-ring (bicyclic) bond motifs is 1. The quantitative estimate of drug-likeness (QED) is 0.362. The van der Waals surface area contributed by atoms with E-state index in [1.165, 1.54) is 17.5 Å². The van der Waals surface area contributed by atoms with E-state index in [1.807, 2.05) is 0 Å². The predicted molar refractivity (Wildman–Crippen MR) is 141 cm³/mol. The van der Waals surface area contributed by atoms with Gasteiger partial charge in [0.2, 0.25) is 5.89 Å². The lowest BCUT2D eigenvalue weighted by atomic mass is 9.85. The second kappa shape index (κ2) is 9.98. The second-order valence-corrected chi connectivity index (χ2v) is 11.0. The summed E-state index contributed by atoms with van der Waals surface area (Å²) in [6, 6.07) is 8.89. The molecule has 3 fully saturated rings. The Kier molecular flexibility index (Phi) is 6.35. The largest absolute Gasteiger partial charge is 0.490 e. The van der Waals surface area contributed by atoms with Crippen LogP contribution in [0.5, 0.6) is 5.75 Å². The summed E-state index contributed by atoms with van der Waals surface area (Å²) >= 11 is 0. The van der Waals surface area contributed by atoms with Gasteiger partial charge in [0, 0.05) is 23.7 Å². The van der Waals surface area contributed by atoms with Crippen LogP contribution in [0, 0.1) is 0 Å². The molecule has 4 aliphatic rings. The first-order chi connectivity index (χ1) is 20.2. The molecule has 4 heterocycles. The SMILES string of the molecule is O=C(Nc1ccc2c(c1)C(=O)N1N[C@@]13CC[C@@H](CNc1nnc(C4CCC4)o1)O[C@H]3CO2)c1ccc(C(F)(F)F)cc1. The number of nitrogens with zero attached hydrogens (tertiary/aromatic N) is 3. The average Bonchev–Trinajstić information content (AvgIpc) is 3.46. The van der Waals surface area contributed by atoms with Crippen molar-refractivity contribution in [3.05, 3.63) is 65.0 Å². The molecular weight excluding hydrogens is 557 g/mol. The Balaban J connectivity index is 1.000. The minimum atomic E-state index is -4.50. The average molecular weight is 585 g/mol. The highest BCUT2D eigenvalue weighted by atomic mass is 19.4. The Morgan fingerprint density at radius 2 is 1.93 bits per heavy atom. The van der Waals surface area contributed by atoms with Crippen LogP contribution < -0.4 is 20.8 Å². The number of aromatic nitrogens is 2. The highest BCUT2D eigenvalue weighted by Gasteiger charge is 2.64. The number of hydrazine groups is 1. The number of benzene rings is 2. The summed E-state index contributed by atoms with van der Waals surface area (Å²) in [5, 5.41) is 15.6. The van der Waals surface area contributed by atoms with Crippen molar-refractivity contribution in [3.63, 3.8) is 0 Å². The summed E-state index contributed by atoms with van der Waals surface area (Å²) in [6.45, 7) is 0.648. The third-order valence-corrected chi connectivity index (χ3v) is 8.30. The molecular formula is C28H27F3N6O5. The fourth-order valence-electron chi connectivity index (χ4n) is 5.59. The lowest BCUT2D eigenvalue weighted by Gasteiger charge is -2.36. The summed E-state index contributed by atoms with van der Waals surface area (Å²) in [7, 11) is 0. The molecule has 0 unspecified atom stereocenters. The van der Waals surface area contributed by atoms with Crippen molar-refractivity contribution in [2.75, 3.05) is 23.8 Å². The fraction of sp³-hybridized carbons (Fsp3) is 0.429. The molecule has 220 valence electrons. The minimum Gasteiger partial charge on any atom is -0.490 e. The van der Waals surface area contributed by atoms with Crippen LogP contribution in [0.1, 0.15) is 70.2 Å². The van der Waals surface area contributed by atoms with Crippen LogP contribution in [0.3, 0.4) is 0 Å². The van der Waals surface area contributed by atoms with Crippen LogP contribution >= 0.6 is 0 Å². The van der Waals surface area contributed by atoms with Gasteiger partial charge in [-0.3, -0.25) is 9.59 Å². The topological polar surface area (TPSA) is 141 Å². The normalized spacial score (nSPS) is 25.1. The molecule has 1 aromatic heterocycles. The van der Waals surface area contributed by atoms with Gasteiger partial charge in [-0.1, -0.05) is 11.5 Å². The molecule has 1 spiro atoms. The van der Waals surface area contributed by atoms with Gasteiger partial charge in [-0.2, -0.15) is 13.2 Å². The smallest absolute Gasteiger partial charge is 0.416 e. The molecule has 2 amide bonds. The molecule has 3 atom stereocenters. The van der Waals surface area contributed by atoms with E-state index in [4.69, 9.17) is 13.9 Å². The molecule has 14 heteroatoms. The van der Waals surface area contributed by atoms with Crippen molar-refractivity contribution in [1.82, 2.24) is 20.6 Å². The molecule has 2 saturated heterocycles. The Morgan fingerprint density at radius 1 is 1.12 bits per heavy atom. The number of amides is 2. The molecule has 3 N–H and O–H groups in total. The van der Waals surface area contributed by atoms with E-state index in [0.717, 1.165) is 37.1 Å². The maximum absolute atomic E-state index is 13.5. The lowest BCUT2D eigenvalue weighted by Crippen LogP contribution is -2.51. The predicted octanol–water partition coefficient (Wildman–Crippen LogP) is 4.32. The number of hydrogen-bond donors (Lipinski definition) is 3. The van der Waals surface area contributed by atoms with Crippen molar-refractivity contribution in [2.45, 2.75) is 62.1 Å². The van der Waals surface area contributed by atoms with Crippen LogP contribution in [0.15, 0.2) is 46.9 Å². The highest BCUT2D eigenvalue weighted by molar-refractivity contribution is 6.06. The zero-order valence-electron chi connectivity index (χ0n) is 22.2. The molecule has 3 aromatic rings. The fourth-order valence-corrected chi connectivity index (χ4v) is 5.59. The summed E-state index contributed by atoms with van der Waals surface area (Å²) < 4.78 is 56.6. The van der Waals surface area contributed by atoms with Gasteiger partial charge in [0.05, 0.1) is 17.2 Å². The molecule has 1 aliphatic carbocycles. The van der Waals surface area contributed by atoms with E-state index in [9.17, 15) is 22.8 Å². The summed E-state index contributed by atoms with van der Waals surface area (Å²) in [5.41, 5.74) is 2.22. The first kappa shape index (κ1) is 26.7. The first-order valence-corrected chi connectivity index (χ1v) is 13.8. The molecule has 42 heavy (non-hydrogen) atoms. The van der Waals surface area contributed by atoms with Gasteiger partial charge in [0.1, 0.15) is 18.5 Å². The van der Waals surface area contributed by atoms with Gasteiger partial charge >= 0.3 is 12.2 Å². The number of halogens is 3. The molecule has 0 radical (unpaired) electrons. The highest BCUT2D eigenvalue weighted by Crippen LogP contribution is 2.44. The molecule has 1 saturated carbocycles. The number of nitrogens with one attached hydrogen (secondary N) is 3. The minimum absolute atomic E-state index is 0.0491. The van der Waals surface area contributed by atoms with Crippen LogP contribution in [0.4, 0.5) is 24.9 Å². The van der Waals surface area contributed by atoms with E-state index >= 15 is 0 Å². The summed E-state index contributed by atoms with van der Waals surface area (Å²) in [5.74, 6) is 0.398. The van der Waals surface area contributed by atoms with Crippen LogP contribution in [0.2, 0.25) is 0 Å². The monoisotopic (exact) mass is 584 g/mol. The molecule has 3 aliphatic heterocycles. The Labute approximate surface area is 237 Å². The number of alkyl halides is 3. The third-order valence-electron chi connectivity index (χ3n) is 8.30.